The fourth-order valence-electron chi connectivity index (χ4n) is 3.53. The van der Waals surface area contributed by atoms with Crippen LogP contribution in [0.3, 0.4) is 0 Å². The molecule has 1 saturated heterocycles. The third kappa shape index (κ3) is 2.88. The number of aromatic nitrogens is 5. The minimum atomic E-state index is 0.324. The van der Waals surface area contributed by atoms with Gasteiger partial charge in [0.1, 0.15) is 5.82 Å². The zero-order valence-electron chi connectivity index (χ0n) is 14.8. The summed E-state index contributed by atoms with van der Waals surface area (Å²) in [6, 6.07) is 6.31. The van der Waals surface area contributed by atoms with Crippen LogP contribution >= 0.6 is 0 Å². The van der Waals surface area contributed by atoms with Crippen LogP contribution in [0.15, 0.2) is 36.8 Å². The molecule has 6 nitrogen and oxygen atoms in total. The molecule has 0 saturated carbocycles. The van der Waals surface area contributed by atoms with E-state index < -0.39 is 0 Å². The Labute approximate surface area is 147 Å². The zero-order chi connectivity index (χ0) is 17.4. The van der Waals surface area contributed by atoms with E-state index in [2.05, 4.69) is 33.0 Å². The molecule has 0 spiro atoms. The summed E-state index contributed by atoms with van der Waals surface area (Å²) < 4.78 is 1.94. The third-order valence-electron chi connectivity index (χ3n) is 4.94. The molecular weight excluding hydrogens is 312 g/mol. The maximum absolute atomic E-state index is 4.85. The van der Waals surface area contributed by atoms with Gasteiger partial charge in [0.05, 0.1) is 12.2 Å². The Morgan fingerprint density at radius 1 is 1.16 bits per heavy atom. The number of nitrogens with zero attached hydrogens (tertiary/aromatic N) is 6. The normalized spacial score (nSPS) is 17.2. The van der Waals surface area contributed by atoms with Gasteiger partial charge in [-0.05, 0) is 38.8 Å². The van der Waals surface area contributed by atoms with Crippen molar-refractivity contribution in [2.24, 2.45) is 7.05 Å². The summed E-state index contributed by atoms with van der Waals surface area (Å²) in [4.78, 5) is 16.0. The number of rotatable bonds is 3. The van der Waals surface area contributed by atoms with E-state index in [0.29, 0.717) is 6.04 Å². The molecule has 6 heteroatoms. The lowest BCUT2D eigenvalue weighted by atomic mass is 10.1. The Balaban J connectivity index is 1.73. The fourth-order valence-corrected chi connectivity index (χ4v) is 3.53. The van der Waals surface area contributed by atoms with E-state index in [0.717, 1.165) is 42.3 Å². The predicted molar refractivity (Wildman–Crippen MR) is 97.3 cm³/mol. The first-order chi connectivity index (χ1) is 12.1. The van der Waals surface area contributed by atoms with Gasteiger partial charge in [0.2, 0.25) is 0 Å². The van der Waals surface area contributed by atoms with Crippen LogP contribution < -0.4 is 4.90 Å². The van der Waals surface area contributed by atoms with Crippen LogP contribution in [0.2, 0.25) is 0 Å². The fraction of sp³-hybridized carbons (Fsp3) is 0.368. The quantitative estimate of drug-likeness (QED) is 0.736. The highest BCUT2D eigenvalue weighted by atomic mass is 15.3. The van der Waals surface area contributed by atoms with E-state index in [-0.39, 0.29) is 0 Å². The molecule has 4 heterocycles. The highest BCUT2D eigenvalue weighted by Gasteiger charge is 2.30. The van der Waals surface area contributed by atoms with E-state index in [1.807, 2.05) is 43.2 Å². The molecule has 0 N–H and O–H groups in total. The molecule has 3 aromatic rings. The molecule has 0 unspecified atom stereocenters. The summed E-state index contributed by atoms with van der Waals surface area (Å²) >= 11 is 0. The predicted octanol–water partition coefficient (Wildman–Crippen LogP) is 3.23. The minimum absolute atomic E-state index is 0.324. The molecule has 1 aliphatic heterocycles. The van der Waals surface area contributed by atoms with Crippen LogP contribution in [-0.4, -0.2) is 31.3 Å². The average molecular weight is 334 g/mol. The van der Waals surface area contributed by atoms with Crippen molar-refractivity contribution < 1.29 is 0 Å². The standard InChI is InChI=1S/C19H22N6/c1-13-10-18(23-19(22-13)15-6-4-8-20-11-15)25-9-5-7-17(25)16-12-21-24(3)14(16)2/h4,6,8,10-12,17H,5,7,9H2,1-3H3/t17-/m1/s1. The topological polar surface area (TPSA) is 59.7 Å². The molecule has 1 fully saturated rings. The van der Waals surface area contributed by atoms with Crippen LogP contribution in [0.1, 0.15) is 35.8 Å². The Hall–Kier alpha value is -2.76. The van der Waals surface area contributed by atoms with Gasteiger partial charge in [-0.25, -0.2) is 9.97 Å². The van der Waals surface area contributed by atoms with Crippen molar-refractivity contribution in [3.63, 3.8) is 0 Å². The Kier molecular flexibility index (Phi) is 3.95. The molecule has 0 radical (unpaired) electrons. The third-order valence-corrected chi connectivity index (χ3v) is 4.94. The summed E-state index contributed by atoms with van der Waals surface area (Å²) in [6.07, 6.45) is 7.85. The summed E-state index contributed by atoms with van der Waals surface area (Å²) in [5.74, 6) is 1.72. The van der Waals surface area contributed by atoms with Crippen LogP contribution in [0, 0.1) is 13.8 Å². The second-order valence-electron chi connectivity index (χ2n) is 6.59. The second kappa shape index (κ2) is 6.27. The Bertz CT molecular complexity index is 886. The van der Waals surface area contributed by atoms with Gasteiger partial charge in [-0.15, -0.1) is 0 Å². The lowest BCUT2D eigenvalue weighted by Gasteiger charge is -2.26. The van der Waals surface area contributed by atoms with Crippen LogP contribution in [0.5, 0.6) is 0 Å². The number of hydrogen-bond acceptors (Lipinski definition) is 5. The van der Waals surface area contributed by atoms with Crippen molar-refractivity contribution in [2.75, 3.05) is 11.4 Å². The van der Waals surface area contributed by atoms with Crippen molar-refractivity contribution in [2.45, 2.75) is 32.7 Å². The van der Waals surface area contributed by atoms with Crippen molar-refractivity contribution in [3.05, 3.63) is 53.7 Å². The SMILES string of the molecule is Cc1cc(N2CCC[C@@H]2c2cnn(C)c2C)nc(-c2cccnc2)n1. The first kappa shape index (κ1) is 15.7. The van der Waals surface area contributed by atoms with Gasteiger partial charge >= 0.3 is 0 Å². The Morgan fingerprint density at radius 2 is 2.04 bits per heavy atom. The van der Waals surface area contributed by atoms with E-state index in [4.69, 9.17) is 4.98 Å². The summed E-state index contributed by atoms with van der Waals surface area (Å²) in [7, 11) is 1.99. The summed E-state index contributed by atoms with van der Waals surface area (Å²) in [5.41, 5.74) is 4.42. The van der Waals surface area contributed by atoms with Gasteiger partial charge in [-0.3, -0.25) is 9.67 Å². The largest absolute Gasteiger partial charge is 0.349 e. The lowest BCUT2D eigenvalue weighted by molar-refractivity contribution is 0.693. The molecule has 1 atom stereocenters. The molecule has 0 aliphatic carbocycles. The van der Waals surface area contributed by atoms with Crippen molar-refractivity contribution in [1.29, 1.82) is 0 Å². The van der Waals surface area contributed by atoms with Gasteiger partial charge < -0.3 is 4.90 Å². The van der Waals surface area contributed by atoms with Gasteiger partial charge in [-0.1, -0.05) is 0 Å². The lowest BCUT2D eigenvalue weighted by Crippen LogP contribution is -2.24. The van der Waals surface area contributed by atoms with Crippen molar-refractivity contribution in [1.82, 2.24) is 24.7 Å². The maximum Gasteiger partial charge on any atom is 0.163 e. The highest BCUT2D eigenvalue weighted by molar-refractivity contribution is 5.57. The maximum atomic E-state index is 4.85. The number of pyridine rings is 1. The van der Waals surface area contributed by atoms with Crippen molar-refractivity contribution in [3.8, 4) is 11.4 Å². The van der Waals surface area contributed by atoms with E-state index >= 15 is 0 Å². The number of aryl methyl sites for hydroxylation is 2. The number of anilines is 1. The molecule has 0 aromatic carbocycles. The molecule has 25 heavy (non-hydrogen) atoms. The van der Waals surface area contributed by atoms with Crippen LogP contribution in [0.25, 0.3) is 11.4 Å². The van der Waals surface area contributed by atoms with Gasteiger partial charge in [0.25, 0.3) is 0 Å². The second-order valence-corrected chi connectivity index (χ2v) is 6.59. The molecule has 4 rings (SSSR count). The average Bonchev–Trinajstić information content (AvgIpc) is 3.23. The molecule has 3 aromatic heterocycles. The van der Waals surface area contributed by atoms with Crippen molar-refractivity contribution >= 4 is 5.82 Å². The smallest absolute Gasteiger partial charge is 0.163 e. The Morgan fingerprint density at radius 3 is 2.76 bits per heavy atom. The highest BCUT2D eigenvalue weighted by Crippen LogP contribution is 2.37. The minimum Gasteiger partial charge on any atom is -0.349 e. The first-order valence-corrected chi connectivity index (χ1v) is 8.64. The van der Waals surface area contributed by atoms with Gasteiger partial charge in [-0.2, -0.15) is 5.10 Å². The first-order valence-electron chi connectivity index (χ1n) is 8.64. The molecular formula is C19H22N6. The molecule has 1 aliphatic rings. The monoisotopic (exact) mass is 334 g/mol. The van der Waals surface area contributed by atoms with E-state index in [1.165, 1.54) is 11.3 Å². The molecule has 128 valence electrons. The van der Waals surface area contributed by atoms with Gasteiger partial charge in [0, 0.05) is 54.6 Å². The van der Waals surface area contributed by atoms with Gasteiger partial charge in [0.15, 0.2) is 5.82 Å². The number of hydrogen-bond donors (Lipinski definition) is 0. The van der Waals surface area contributed by atoms with Crippen LogP contribution in [-0.2, 0) is 7.05 Å². The summed E-state index contributed by atoms with van der Waals surface area (Å²) in [5, 5.41) is 4.42. The summed E-state index contributed by atoms with van der Waals surface area (Å²) in [6.45, 7) is 5.15. The molecule has 0 amide bonds. The molecule has 0 bridgehead atoms. The van der Waals surface area contributed by atoms with E-state index in [1.54, 1.807) is 6.20 Å². The van der Waals surface area contributed by atoms with E-state index in [9.17, 15) is 0 Å². The zero-order valence-corrected chi connectivity index (χ0v) is 14.8. The van der Waals surface area contributed by atoms with Crippen LogP contribution in [0.4, 0.5) is 5.82 Å².